The molecule has 4 aromatic rings. The van der Waals surface area contributed by atoms with E-state index in [4.69, 9.17) is 14.6 Å². The van der Waals surface area contributed by atoms with Crippen LogP contribution in [0.1, 0.15) is 48.7 Å². The lowest BCUT2D eigenvalue weighted by atomic mass is 9.93. The SMILES string of the molecule is CCCOc1ccc([C@@H]2Oc3ccccc3[C@H]3CC(c4cccc5ccccc45)=NN32)cc1. The van der Waals surface area contributed by atoms with Crippen LogP contribution in [0.4, 0.5) is 0 Å². The highest BCUT2D eigenvalue weighted by Gasteiger charge is 2.41. The Balaban J connectivity index is 1.41. The van der Waals surface area contributed by atoms with E-state index < -0.39 is 0 Å². The quantitative estimate of drug-likeness (QED) is 0.344. The molecule has 4 nitrogen and oxygen atoms in total. The number of hydrazone groups is 1. The highest BCUT2D eigenvalue weighted by atomic mass is 16.5. The number of nitrogens with zero attached hydrogens (tertiary/aromatic N) is 2. The first-order valence-electron chi connectivity index (χ1n) is 11.6. The maximum atomic E-state index is 6.50. The van der Waals surface area contributed by atoms with Gasteiger partial charge < -0.3 is 9.47 Å². The van der Waals surface area contributed by atoms with E-state index in [1.807, 2.05) is 18.2 Å². The first-order chi connectivity index (χ1) is 16.3. The highest BCUT2D eigenvalue weighted by Crippen LogP contribution is 2.47. The van der Waals surface area contributed by atoms with Crippen LogP contribution in [0.2, 0.25) is 0 Å². The molecule has 0 saturated carbocycles. The van der Waals surface area contributed by atoms with E-state index in [1.54, 1.807) is 0 Å². The van der Waals surface area contributed by atoms with Gasteiger partial charge in [0.25, 0.3) is 0 Å². The molecule has 6 rings (SSSR count). The van der Waals surface area contributed by atoms with Gasteiger partial charge in [0.2, 0.25) is 6.23 Å². The summed E-state index contributed by atoms with van der Waals surface area (Å²) in [6.07, 6.45) is 1.56. The van der Waals surface area contributed by atoms with Crippen molar-refractivity contribution in [3.05, 3.63) is 108 Å². The number of hydrogen-bond donors (Lipinski definition) is 0. The van der Waals surface area contributed by atoms with Crippen molar-refractivity contribution in [2.24, 2.45) is 5.10 Å². The minimum Gasteiger partial charge on any atom is -0.494 e. The molecule has 2 heterocycles. The summed E-state index contributed by atoms with van der Waals surface area (Å²) in [5.74, 6) is 1.82. The Kier molecular flexibility index (Phi) is 4.99. The van der Waals surface area contributed by atoms with Crippen LogP contribution in [0.15, 0.2) is 96.1 Å². The zero-order valence-corrected chi connectivity index (χ0v) is 18.6. The van der Waals surface area contributed by atoms with Gasteiger partial charge in [0.15, 0.2) is 0 Å². The van der Waals surface area contributed by atoms with Gasteiger partial charge in [-0.25, -0.2) is 5.01 Å². The first-order valence-corrected chi connectivity index (χ1v) is 11.6. The van der Waals surface area contributed by atoms with E-state index in [0.29, 0.717) is 0 Å². The van der Waals surface area contributed by atoms with Gasteiger partial charge in [0.05, 0.1) is 18.4 Å². The Hall–Kier alpha value is -3.79. The largest absolute Gasteiger partial charge is 0.494 e. The topological polar surface area (TPSA) is 34.1 Å². The van der Waals surface area contributed by atoms with E-state index in [1.165, 1.54) is 21.9 Å². The fourth-order valence-corrected chi connectivity index (χ4v) is 4.84. The summed E-state index contributed by atoms with van der Waals surface area (Å²) >= 11 is 0. The van der Waals surface area contributed by atoms with E-state index in [0.717, 1.165) is 42.2 Å². The fourth-order valence-electron chi connectivity index (χ4n) is 4.84. The molecule has 4 aromatic carbocycles. The highest BCUT2D eigenvalue weighted by molar-refractivity contribution is 6.11. The molecule has 0 spiro atoms. The number of rotatable bonds is 5. The second kappa shape index (κ2) is 8.28. The van der Waals surface area contributed by atoms with Crippen LogP contribution in [0.3, 0.4) is 0 Å². The molecule has 0 aromatic heterocycles. The van der Waals surface area contributed by atoms with Crippen LogP contribution in [0.25, 0.3) is 10.8 Å². The summed E-state index contributed by atoms with van der Waals surface area (Å²) in [5, 5.41) is 9.77. The van der Waals surface area contributed by atoms with E-state index >= 15 is 0 Å². The lowest BCUT2D eigenvalue weighted by Crippen LogP contribution is -2.33. The number of fused-ring (bicyclic) bond motifs is 4. The monoisotopic (exact) mass is 434 g/mol. The molecule has 2 aliphatic rings. The lowest BCUT2D eigenvalue weighted by molar-refractivity contribution is -0.0190. The summed E-state index contributed by atoms with van der Waals surface area (Å²) in [5.41, 5.74) is 4.56. The standard InChI is InChI=1S/C29H26N2O2/c1-2-18-32-22-16-14-21(15-17-22)29-31-27(25-11-5-6-13-28(25)33-29)19-26(30-31)24-12-7-9-20-8-3-4-10-23(20)24/h3-17,27,29H,2,18-19H2,1H3/t27-,29+/m1/s1. The molecule has 0 saturated heterocycles. The number of ether oxygens (including phenoxy) is 2. The molecular formula is C29H26N2O2. The third kappa shape index (κ3) is 3.52. The molecule has 33 heavy (non-hydrogen) atoms. The van der Waals surface area contributed by atoms with Crippen molar-refractivity contribution in [1.82, 2.24) is 5.01 Å². The van der Waals surface area contributed by atoms with Crippen LogP contribution in [0, 0.1) is 0 Å². The molecule has 2 aliphatic heterocycles. The number of para-hydroxylation sites is 1. The maximum absolute atomic E-state index is 6.50. The van der Waals surface area contributed by atoms with Crippen molar-refractivity contribution in [3.8, 4) is 11.5 Å². The van der Waals surface area contributed by atoms with Crippen molar-refractivity contribution in [2.45, 2.75) is 32.0 Å². The summed E-state index contributed by atoms with van der Waals surface area (Å²) in [6, 6.07) is 31.7. The summed E-state index contributed by atoms with van der Waals surface area (Å²) in [7, 11) is 0. The summed E-state index contributed by atoms with van der Waals surface area (Å²) in [6.45, 7) is 2.83. The summed E-state index contributed by atoms with van der Waals surface area (Å²) in [4.78, 5) is 0. The molecule has 0 N–H and O–H groups in total. The molecule has 0 bridgehead atoms. The van der Waals surface area contributed by atoms with E-state index in [9.17, 15) is 0 Å². The Bertz CT molecular complexity index is 1320. The second-order valence-electron chi connectivity index (χ2n) is 8.60. The Morgan fingerprint density at radius 3 is 2.58 bits per heavy atom. The van der Waals surface area contributed by atoms with Gasteiger partial charge in [-0.2, -0.15) is 5.10 Å². The average Bonchev–Trinajstić information content (AvgIpc) is 3.33. The zero-order chi connectivity index (χ0) is 22.2. The molecule has 0 amide bonds. The van der Waals surface area contributed by atoms with Gasteiger partial charge in [-0.1, -0.05) is 67.6 Å². The van der Waals surface area contributed by atoms with Gasteiger partial charge in [-0.3, -0.25) is 0 Å². The van der Waals surface area contributed by atoms with Gasteiger partial charge >= 0.3 is 0 Å². The van der Waals surface area contributed by atoms with Crippen molar-refractivity contribution in [1.29, 1.82) is 0 Å². The van der Waals surface area contributed by atoms with Gasteiger partial charge in [0, 0.05) is 23.1 Å². The Morgan fingerprint density at radius 1 is 0.909 bits per heavy atom. The molecular weight excluding hydrogens is 408 g/mol. The Labute approximate surface area is 194 Å². The van der Waals surface area contributed by atoms with Gasteiger partial charge in [0.1, 0.15) is 11.5 Å². The first kappa shape index (κ1) is 19.9. The van der Waals surface area contributed by atoms with Crippen LogP contribution in [0.5, 0.6) is 11.5 Å². The molecule has 0 aliphatic carbocycles. The molecule has 0 unspecified atom stereocenters. The minimum absolute atomic E-state index is 0.143. The zero-order valence-electron chi connectivity index (χ0n) is 18.6. The predicted molar refractivity (Wildman–Crippen MR) is 132 cm³/mol. The van der Waals surface area contributed by atoms with Crippen LogP contribution < -0.4 is 9.47 Å². The fraction of sp³-hybridized carbons (Fsp3) is 0.207. The minimum atomic E-state index is -0.280. The molecule has 0 fully saturated rings. The normalized spacial score (nSPS) is 18.9. The van der Waals surface area contributed by atoms with Crippen LogP contribution in [-0.2, 0) is 0 Å². The number of hydrogen-bond acceptors (Lipinski definition) is 4. The molecule has 164 valence electrons. The average molecular weight is 435 g/mol. The summed E-state index contributed by atoms with van der Waals surface area (Å²) < 4.78 is 12.3. The van der Waals surface area contributed by atoms with E-state index in [-0.39, 0.29) is 12.3 Å². The smallest absolute Gasteiger partial charge is 0.213 e. The third-order valence-corrected chi connectivity index (χ3v) is 6.44. The molecule has 0 radical (unpaired) electrons. The van der Waals surface area contributed by atoms with E-state index in [2.05, 4.69) is 84.7 Å². The maximum Gasteiger partial charge on any atom is 0.213 e. The van der Waals surface area contributed by atoms with Crippen molar-refractivity contribution < 1.29 is 9.47 Å². The van der Waals surface area contributed by atoms with Crippen LogP contribution >= 0.6 is 0 Å². The second-order valence-corrected chi connectivity index (χ2v) is 8.60. The van der Waals surface area contributed by atoms with Gasteiger partial charge in [-0.15, -0.1) is 0 Å². The molecule has 4 heteroatoms. The van der Waals surface area contributed by atoms with Crippen molar-refractivity contribution in [3.63, 3.8) is 0 Å². The van der Waals surface area contributed by atoms with Crippen molar-refractivity contribution >= 4 is 16.5 Å². The predicted octanol–water partition coefficient (Wildman–Crippen LogP) is 6.87. The molecule has 2 atom stereocenters. The number of benzene rings is 4. The lowest BCUT2D eigenvalue weighted by Gasteiger charge is -2.38. The third-order valence-electron chi connectivity index (χ3n) is 6.44. The van der Waals surface area contributed by atoms with Crippen LogP contribution in [-0.4, -0.2) is 17.3 Å². The Morgan fingerprint density at radius 2 is 1.70 bits per heavy atom. The van der Waals surface area contributed by atoms with Gasteiger partial charge in [-0.05, 0) is 47.5 Å². The van der Waals surface area contributed by atoms with Crippen molar-refractivity contribution in [2.75, 3.05) is 6.61 Å².